The monoisotopic (exact) mass is 379 g/mol. The van der Waals surface area contributed by atoms with E-state index in [9.17, 15) is 14.4 Å². The molecule has 4 amide bonds. The van der Waals surface area contributed by atoms with Crippen molar-refractivity contribution in [2.45, 2.75) is 63.8 Å². The van der Waals surface area contributed by atoms with E-state index in [1.54, 1.807) is 7.05 Å². The quantitative estimate of drug-likeness (QED) is 0.766. The van der Waals surface area contributed by atoms with E-state index in [1.165, 1.54) is 16.2 Å². The Morgan fingerprint density at radius 2 is 1.96 bits per heavy atom. The first-order valence-electron chi connectivity index (χ1n) is 9.20. The zero-order valence-corrected chi connectivity index (χ0v) is 16.1. The fourth-order valence-electron chi connectivity index (χ4n) is 3.71. The molecule has 0 atom stereocenters. The van der Waals surface area contributed by atoms with Gasteiger partial charge in [0.1, 0.15) is 17.1 Å². The first-order valence-corrected chi connectivity index (χ1v) is 10.0. The third-order valence-corrected chi connectivity index (χ3v) is 6.14. The van der Waals surface area contributed by atoms with E-state index in [2.05, 4.69) is 22.4 Å². The molecule has 1 spiro atoms. The number of imide groups is 1. The molecule has 9 heteroatoms. The molecule has 2 heterocycles. The van der Waals surface area contributed by atoms with Gasteiger partial charge in [0, 0.05) is 13.5 Å². The molecular formula is C17H25N5O3S. The smallest absolute Gasteiger partial charge is 0.313 e. The van der Waals surface area contributed by atoms with Crippen LogP contribution in [-0.4, -0.2) is 57.0 Å². The van der Waals surface area contributed by atoms with Gasteiger partial charge in [0.25, 0.3) is 5.91 Å². The predicted octanol–water partition coefficient (Wildman–Crippen LogP) is 2.42. The van der Waals surface area contributed by atoms with Gasteiger partial charge < -0.3 is 4.90 Å². The van der Waals surface area contributed by atoms with Gasteiger partial charge in [-0.3, -0.25) is 19.8 Å². The van der Waals surface area contributed by atoms with E-state index in [0.717, 1.165) is 48.4 Å². The summed E-state index contributed by atoms with van der Waals surface area (Å²) in [6.45, 7) is 1.82. The lowest BCUT2D eigenvalue weighted by molar-refractivity contribution is -0.136. The highest BCUT2D eigenvalue weighted by Crippen LogP contribution is 2.39. The highest BCUT2D eigenvalue weighted by atomic mass is 32.1. The summed E-state index contributed by atoms with van der Waals surface area (Å²) < 4.78 is 0. The standard InChI is InChI=1S/C17H25N5O3S/c1-3-4-8-13-19-20-15(26-13)18-12(23)11-22-14(24)17(21(2)16(22)25)9-6-5-7-10-17/h3-11H2,1-2H3,(H,18,20,23). The van der Waals surface area contributed by atoms with E-state index in [0.29, 0.717) is 18.0 Å². The summed E-state index contributed by atoms with van der Waals surface area (Å²) in [5, 5.41) is 11.9. The Hall–Kier alpha value is -2.03. The minimum atomic E-state index is -0.758. The maximum absolute atomic E-state index is 12.9. The zero-order valence-electron chi connectivity index (χ0n) is 15.3. The van der Waals surface area contributed by atoms with Crippen LogP contribution in [0.1, 0.15) is 56.9 Å². The Bertz CT molecular complexity index is 698. The molecule has 1 saturated heterocycles. The van der Waals surface area contributed by atoms with Crippen LogP contribution < -0.4 is 5.32 Å². The van der Waals surface area contributed by atoms with Crippen LogP contribution in [0.25, 0.3) is 0 Å². The van der Waals surface area contributed by atoms with Gasteiger partial charge in [0.15, 0.2) is 0 Å². The molecule has 3 rings (SSSR count). The summed E-state index contributed by atoms with van der Waals surface area (Å²) in [6, 6.07) is -0.395. The van der Waals surface area contributed by atoms with Gasteiger partial charge in [-0.15, -0.1) is 10.2 Å². The average molecular weight is 379 g/mol. The Labute approximate surface area is 156 Å². The van der Waals surface area contributed by atoms with Crippen LogP contribution >= 0.6 is 11.3 Å². The van der Waals surface area contributed by atoms with Gasteiger partial charge in [-0.2, -0.15) is 0 Å². The van der Waals surface area contributed by atoms with Crippen LogP contribution in [0.15, 0.2) is 0 Å². The molecule has 1 aromatic heterocycles. The Morgan fingerprint density at radius 3 is 2.65 bits per heavy atom. The molecular weight excluding hydrogens is 354 g/mol. The number of unbranched alkanes of at least 4 members (excludes halogenated alkanes) is 1. The summed E-state index contributed by atoms with van der Waals surface area (Å²) in [4.78, 5) is 40.3. The van der Waals surface area contributed by atoms with Crippen LogP contribution in [0.5, 0.6) is 0 Å². The number of hydrogen-bond donors (Lipinski definition) is 1. The van der Waals surface area contributed by atoms with Crippen LogP contribution in [-0.2, 0) is 16.0 Å². The molecule has 26 heavy (non-hydrogen) atoms. The molecule has 0 unspecified atom stereocenters. The number of hydrogen-bond acceptors (Lipinski definition) is 6. The van der Waals surface area contributed by atoms with Gasteiger partial charge in [-0.05, 0) is 19.3 Å². The molecule has 0 bridgehead atoms. The molecule has 0 aromatic carbocycles. The largest absolute Gasteiger partial charge is 0.327 e. The number of urea groups is 1. The van der Waals surface area contributed by atoms with Crippen LogP contribution in [0.4, 0.5) is 9.93 Å². The van der Waals surface area contributed by atoms with Crippen molar-refractivity contribution in [1.29, 1.82) is 0 Å². The topological polar surface area (TPSA) is 95.5 Å². The number of nitrogens with zero attached hydrogens (tertiary/aromatic N) is 4. The second-order valence-corrected chi connectivity index (χ2v) is 8.04. The summed E-state index contributed by atoms with van der Waals surface area (Å²) in [6.07, 6.45) is 7.19. The summed E-state index contributed by atoms with van der Waals surface area (Å²) in [5.41, 5.74) is -0.758. The minimum Gasteiger partial charge on any atom is -0.313 e. The average Bonchev–Trinajstić information content (AvgIpc) is 3.15. The lowest BCUT2D eigenvalue weighted by Crippen LogP contribution is -2.49. The maximum atomic E-state index is 12.9. The predicted molar refractivity (Wildman–Crippen MR) is 97.8 cm³/mol. The zero-order chi connectivity index (χ0) is 18.7. The Morgan fingerprint density at radius 1 is 1.23 bits per heavy atom. The van der Waals surface area contributed by atoms with Crippen LogP contribution in [0, 0.1) is 0 Å². The van der Waals surface area contributed by atoms with Gasteiger partial charge >= 0.3 is 6.03 Å². The second kappa shape index (κ2) is 7.69. The molecule has 8 nitrogen and oxygen atoms in total. The number of aromatic nitrogens is 2. The molecule has 2 aliphatic rings. The second-order valence-electron chi connectivity index (χ2n) is 6.98. The van der Waals surface area contributed by atoms with E-state index in [1.807, 2.05) is 0 Å². The molecule has 1 aliphatic carbocycles. The number of carbonyl (C=O) groups is 3. The van der Waals surface area contributed by atoms with E-state index < -0.39 is 17.5 Å². The number of likely N-dealkylation sites (N-methyl/N-ethyl adjacent to an activating group) is 1. The van der Waals surface area contributed by atoms with Crippen molar-refractivity contribution in [3.63, 3.8) is 0 Å². The maximum Gasteiger partial charge on any atom is 0.327 e. The number of amides is 4. The number of nitrogens with one attached hydrogen (secondary N) is 1. The van der Waals surface area contributed by atoms with Crippen molar-refractivity contribution in [1.82, 2.24) is 20.0 Å². The molecule has 1 aromatic rings. The van der Waals surface area contributed by atoms with Crippen molar-refractivity contribution < 1.29 is 14.4 Å². The first-order chi connectivity index (χ1) is 12.5. The van der Waals surface area contributed by atoms with Crippen LogP contribution in [0.3, 0.4) is 0 Å². The lowest BCUT2D eigenvalue weighted by atomic mass is 9.81. The molecule has 1 saturated carbocycles. The normalized spacial score (nSPS) is 19.5. The number of anilines is 1. The molecule has 0 radical (unpaired) electrons. The third-order valence-electron chi connectivity index (χ3n) is 5.24. The third kappa shape index (κ3) is 3.44. The summed E-state index contributed by atoms with van der Waals surface area (Å²) >= 11 is 1.33. The van der Waals surface area contributed by atoms with E-state index in [4.69, 9.17) is 0 Å². The minimum absolute atomic E-state index is 0.249. The van der Waals surface area contributed by atoms with Crippen LogP contribution in [0.2, 0.25) is 0 Å². The van der Waals surface area contributed by atoms with Gasteiger partial charge in [0.05, 0.1) is 0 Å². The van der Waals surface area contributed by atoms with Gasteiger partial charge in [-0.25, -0.2) is 4.79 Å². The fourth-order valence-corrected chi connectivity index (χ4v) is 4.50. The van der Waals surface area contributed by atoms with Crippen molar-refractivity contribution in [3.8, 4) is 0 Å². The van der Waals surface area contributed by atoms with Crippen molar-refractivity contribution in [2.24, 2.45) is 0 Å². The summed E-state index contributed by atoms with van der Waals surface area (Å²) in [5.74, 6) is -0.674. The van der Waals surface area contributed by atoms with E-state index >= 15 is 0 Å². The van der Waals surface area contributed by atoms with Gasteiger partial charge in [-0.1, -0.05) is 43.9 Å². The lowest BCUT2D eigenvalue weighted by Gasteiger charge is -2.35. The van der Waals surface area contributed by atoms with Crippen molar-refractivity contribution >= 4 is 34.3 Å². The highest BCUT2D eigenvalue weighted by Gasteiger charge is 2.55. The van der Waals surface area contributed by atoms with Crippen molar-refractivity contribution in [2.75, 3.05) is 18.9 Å². The molecule has 1 N–H and O–H groups in total. The molecule has 1 aliphatic heterocycles. The number of aryl methyl sites for hydroxylation is 1. The van der Waals surface area contributed by atoms with Crippen molar-refractivity contribution in [3.05, 3.63) is 5.01 Å². The first kappa shape index (κ1) is 18.8. The Kier molecular flexibility index (Phi) is 5.55. The number of rotatable bonds is 6. The van der Waals surface area contributed by atoms with E-state index in [-0.39, 0.29) is 12.5 Å². The van der Waals surface area contributed by atoms with Gasteiger partial charge in [0.2, 0.25) is 11.0 Å². The fraction of sp³-hybridized carbons (Fsp3) is 0.706. The Balaban J connectivity index is 1.62. The molecule has 2 fully saturated rings. The number of carbonyl (C=O) groups excluding carboxylic acids is 3. The summed E-state index contributed by atoms with van der Waals surface area (Å²) in [7, 11) is 1.66. The molecule has 142 valence electrons. The SMILES string of the molecule is CCCCc1nnc(NC(=O)CN2C(=O)N(C)C3(CCCCC3)C2=O)s1. The highest BCUT2D eigenvalue weighted by molar-refractivity contribution is 7.15.